The van der Waals surface area contributed by atoms with Crippen molar-refractivity contribution in [2.24, 2.45) is 17.2 Å². The fourth-order valence-electron chi connectivity index (χ4n) is 0.255. The lowest BCUT2D eigenvalue weighted by Crippen LogP contribution is -2.10. The largest absolute Gasteiger partial charge is 0.401 e. The maximum absolute atomic E-state index is 5.30. The van der Waals surface area contributed by atoms with Crippen LogP contribution in [0.3, 0.4) is 0 Å². The maximum Gasteiger partial charge on any atom is 0.0992 e. The van der Waals surface area contributed by atoms with Crippen molar-refractivity contribution < 1.29 is 0 Å². The lowest BCUT2D eigenvalue weighted by molar-refractivity contribution is 1.11. The summed E-state index contributed by atoms with van der Waals surface area (Å²) in [5.41, 5.74) is 16.1. The summed E-state index contributed by atoms with van der Waals surface area (Å²) < 4.78 is 0. The van der Waals surface area contributed by atoms with Gasteiger partial charge in [0.2, 0.25) is 0 Å². The van der Waals surface area contributed by atoms with Crippen LogP contribution in [0, 0.1) is 0 Å². The molecule has 0 saturated carbocycles. The summed E-state index contributed by atoms with van der Waals surface area (Å²) in [6.45, 7) is 0.320. The van der Waals surface area contributed by atoms with E-state index < -0.39 is 0 Å². The zero-order valence-corrected chi connectivity index (χ0v) is 5.73. The third-order valence-corrected chi connectivity index (χ3v) is 0.818. The van der Waals surface area contributed by atoms with Crippen molar-refractivity contribution in [2.45, 2.75) is 0 Å². The molecule has 0 aliphatic rings. The molecule has 0 bridgehead atoms. The SMILES string of the molecule is NC/C(N)=C/C=C(\N)Cl. The Balaban J connectivity index is 3.83. The molecule has 6 N–H and O–H groups in total. The van der Waals surface area contributed by atoms with Crippen molar-refractivity contribution >= 4 is 11.6 Å². The molecule has 0 aliphatic carbocycles. The van der Waals surface area contributed by atoms with Crippen molar-refractivity contribution in [1.82, 2.24) is 0 Å². The molecular formula is C5H10ClN3. The van der Waals surface area contributed by atoms with E-state index in [0.717, 1.165) is 0 Å². The van der Waals surface area contributed by atoms with E-state index in [4.69, 9.17) is 28.8 Å². The molecule has 0 saturated heterocycles. The molecule has 0 aliphatic heterocycles. The molecule has 0 amide bonds. The first-order chi connectivity index (χ1) is 4.16. The van der Waals surface area contributed by atoms with Crippen molar-refractivity contribution in [3.8, 4) is 0 Å². The Morgan fingerprint density at radius 1 is 1.33 bits per heavy atom. The average molecular weight is 148 g/mol. The van der Waals surface area contributed by atoms with Crippen LogP contribution in [0.4, 0.5) is 0 Å². The first-order valence-corrected chi connectivity index (χ1v) is 2.82. The first-order valence-electron chi connectivity index (χ1n) is 2.44. The fourth-order valence-corrected chi connectivity index (χ4v) is 0.318. The number of allylic oxidation sites excluding steroid dienone is 2. The minimum Gasteiger partial charge on any atom is -0.401 e. The maximum atomic E-state index is 5.30. The number of rotatable bonds is 2. The Morgan fingerprint density at radius 2 is 1.89 bits per heavy atom. The average Bonchev–Trinajstić information content (AvgIpc) is 1.83. The van der Waals surface area contributed by atoms with E-state index in [1.54, 1.807) is 6.08 Å². The molecule has 0 spiro atoms. The molecule has 3 nitrogen and oxygen atoms in total. The Morgan fingerprint density at radius 3 is 2.22 bits per heavy atom. The summed E-state index contributed by atoms with van der Waals surface area (Å²) in [4.78, 5) is 0. The van der Waals surface area contributed by atoms with Crippen LogP contribution in [0.2, 0.25) is 0 Å². The second kappa shape index (κ2) is 4.23. The predicted octanol–water partition coefficient (Wildman–Crippen LogP) is -0.173. The highest BCUT2D eigenvalue weighted by Crippen LogP contribution is 1.90. The van der Waals surface area contributed by atoms with Gasteiger partial charge in [0, 0.05) is 12.2 Å². The van der Waals surface area contributed by atoms with Crippen LogP contribution in [0.15, 0.2) is 23.0 Å². The lowest BCUT2D eigenvalue weighted by atomic mass is 10.4. The van der Waals surface area contributed by atoms with Crippen LogP contribution in [0.1, 0.15) is 0 Å². The molecule has 0 radical (unpaired) electrons. The van der Waals surface area contributed by atoms with Crippen LogP contribution in [-0.4, -0.2) is 6.54 Å². The van der Waals surface area contributed by atoms with E-state index in [1.165, 1.54) is 6.08 Å². The summed E-state index contributed by atoms with van der Waals surface area (Å²) in [6, 6.07) is 0. The molecule has 9 heavy (non-hydrogen) atoms. The minimum atomic E-state index is 0.200. The summed E-state index contributed by atoms with van der Waals surface area (Å²) in [7, 11) is 0. The third-order valence-electron chi connectivity index (χ3n) is 0.692. The van der Waals surface area contributed by atoms with Gasteiger partial charge in [-0.25, -0.2) is 0 Å². The van der Waals surface area contributed by atoms with Gasteiger partial charge in [0.15, 0.2) is 0 Å². The minimum absolute atomic E-state index is 0.200. The molecule has 4 heteroatoms. The molecule has 0 aromatic heterocycles. The zero-order chi connectivity index (χ0) is 7.28. The fraction of sp³-hybridized carbons (Fsp3) is 0.200. The highest BCUT2D eigenvalue weighted by Gasteiger charge is 1.80. The predicted molar refractivity (Wildman–Crippen MR) is 39.4 cm³/mol. The van der Waals surface area contributed by atoms with Gasteiger partial charge in [-0.2, -0.15) is 0 Å². The van der Waals surface area contributed by atoms with Gasteiger partial charge in [0.1, 0.15) is 0 Å². The number of halogens is 1. The molecular weight excluding hydrogens is 138 g/mol. The number of hydrogen-bond donors (Lipinski definition) is 3. The van der Waals surface area contributed by atoms with Crippen LogP contribution in [0.5, 0.6) is 0 Å². The van der Waals surface area contributed by atoms with Crippen molar-refractivity contribution in [1.29, 1.82) is 0 Å². The first kappa shape index (κ1) is 8.33. The lowest BCUT2D eigenvalue weighted by Gasteiger charge is -1.90. The third kappa shape index (κ3) is 5.20. The van der Waals surface area contributed by atoms with Gasteiger partial charge in [-0.15, -0.1) is 0 Å². The van der Waals surface area contributed by atoms with Crippen LogP contribution in [0.25, 0.3) is 0 Å². The van der Waals surface area contributed by atoms with Gasteiger partial charge in [-0.1, -0.05) is 11.6 Å². The van der Waals surface area contributed by atoms with Crippen molar-refractivity contribution in [2.75, 3.05) is 6.54 Å². The van der Waals surface area contributed by atoms with Crippen molar-refractivity contribution in [3.63, 3.8) is 0 Å². The Bertz CT molecular complexity index is 135. The Kier molecular flexibility index (Phi) is 3.92. The van der Waals surface area contributed by atoms with Crippen LogP contribution < -0.4 is 17.2 Å². The summed E-state index contributed by atoms with van der Waals surface area (Å²) >= 11 is 5.28. The quantitative estimate of drug-likeness (QED) is 0.375. The van der Waals surface area contributed by atoms with E-state index in [9.17, 15) is 0 Å². The van der Waals surface area contributed by atoms with Gasteiger partial charge in [-0.3, -0.25) is 0 Å². The normalized spacial score (nSPS) is 14.0. The second-order valence-corrected chi connectivity index (χ2v) is 1.93. The molecule has 0 aromatic carbocycles. The molecule has 0 heterocycles. The van der Waals surface area contributed by atoms with Gasteiger partial charge < -0.3 is 17.2 Å². The molecule has 0 atom stereocenters. The van der Waals surface area contributed by atoms with E-state index in [0.29, 0.717) is 12.2 Å². The smallest absolute Gasteiger partial charge is 0.0992 e. The van der Waals surface area contributed by atoms with E-state index in [2.05, 4.69) is 0 Å². The molecule has 0 fully saturated rings. The monoisotopic (exact) mass is 147 g/mol. The van der Waals surface area contributed by atoms with E-state index in [-0.39, 0.29) is 5.16 Å². The molecule has 0 aromatic rings. The van der Waals surface area contributed by atoms with E-state index >= 15 is 0 Å². The highest BCUT2D eigenvalue weighted by atomic mass is 35.5. The highest BCUT2D eigenvalue weighted by molar-refractivity contribution is 6.29. The summed E-state index contributed by atoms with van der Waals surface area (Å²) in [5.74, 6) is 0. The van der Waals surface area contributed by atoms with Gasteiger partial charge in [0.05, 0.1) is 5.16 Å². The van der Waals surface area contributed by atoms with E-state index in [1.807, 2.05) is 0 Å². The van der Waals surface area contributed by atoms with Gasteiger partial charge in [0.25, 0.3) is 0 Å². The standard InChI is InChI=1S/C5H10ClN3/c6-5(9)2-1-4(8)3-7/h1-2H,3,7-9H2/b4-1-,5-2-. The number of nitrogens with two attached hydrogens (primary N) is 3. The molecule has 0 rings (SSSR count). The molecule has 0 unspecified atom stereocenters. The number of hydrogen-bond acceptors (Lipinski definition) is 3. The van der Waals surface area contributed by atoms with Crippen LogP contribution in [-0.2, 0) is 0 Å². The van der Waals surface area contributed by atoms with Gasteiger partial charge in [-0.05, 0) is 12.2 Å². The van der Waals surface area contributed by atoms with Crippen LogP contribution >= 0.6 is 11.6 Å². The Labute approximate surface area is 59.1 Å². The summed E-state index contributed by atoms with van der Waals surface area (Å²) in [6.07, 6.45) is 3.06. The van der Waals surface area contributed by atoms with Crippen molar-refractivity contribution in [3.05, 3.63) is 23.0 Å². The Hall–Kier alpha value is -0.670. The summed E-state index contributed by atoms with van der Waals surface area (Å²) in [5, 5.41) is 0.200. The zero-order valence-electron chi connectivity index (χ0n) is 4.97. The topological polar surface area (TPSA) is 78.1 Å². The van der Waals surface area contributed by atoms with Gasteiger partial charge >= 0.3 is 0 Å². The second-order valence-electron chi connectivity index (χ2n) is 1.50. The molecule has 52 valence electrons.